The average Bonchev–Trinajstić information content (AvgIpc) is 2.90. The fourth-order valence-corrected chi connectivity index (χ4v) is 2.48. The number of hydrogen-bond acceptors (Lipinski definition) is 5. The van der Waals surface area contributed by atoms with Crippen LogP contribution >= 0.6 is 0 Å². The van der Waals surface area contributed by atoms with Crippen molar-refractivity contribution in [2.24, 2.45) is 14.1 Å². The molecular weight excluding hydrogens is 254 g/mol. The molecule has 110 valence electrons. The number of aromatic nitrogens is 6. The van der Waals surface area contributed by atoms with E-state index in [1.165, 1.54) is 16.1 Å². The van der Waals surface area contributed by atoms with Crippen LogP contribution in [0.2, 0.25) is 0 Å². The van der Waals surface area contributed by atoms with Gasteiger partial charge in [0.05, 0.1) is 12.7 Å². The van der Waals surface area contributed by atoms with Crippen molar-refractivity contribution in [3.8, 4) is 0 Å². The lowest BCUT2D eigenvalue weighted by Gasteiger charge is -2.17. The maximum Gasteiger partial charge on any atom is 0.176 e. The van der Waals surface area contributed by atoms with Gasteiger partial charge in [-0.3, -0.25) is 4.68 Å². The first-order valence-electron chi connectivity index (χ1n) is 6.99. The Hall–Kier alpha value is -1.76. The Morgan fingerprint density at radius 1 is 1.20 bits per heavy atom. The highest BCUT2D eigenvalue weighted by molar-refractivity contribution is 5.28. The van der Waals surface area contributed by atoms with Crippen molar-refractivity contribution in [2.75, 3.05) is 6.54 Å². The third-order valence-corrected chi connectivity index (χ3v) is 3.49. The molecule has 0 aliphatic heterocycles. The summed E-state index contributed by atoms with van der Waals surface area (Å²) in [5.74, 6) is 0.753. The van der Waals surface area contributed by atoms with E-state index in [-0.39, 0.29) is 6.04 Å². The minimum absolute atomic E-state index is 0.174. The van der Waals surface area contributed by atoms with Gasteiger partial charge in [0.25, 0.3) is 0 Å². The molecule has 0 aliphatic rings. The maximum atomic E-state index is 4.50. The first-order valence-corrected chi connectivity index (χ1v) is 6.99. The van der Waals surface area contributed by atoms with Crippen molar-refractivity contribution in [3.63, 3.8) is 0 Å². The molecule has 0 aromatic carbocycles. The van der Waals surface area contributed by atoms with E-state index < -0.39 is 0 Å². The molecule has 0 saturated heterocycles. The summed E-state index contributed by atoms with van der Waals surface area (Å²) in [4.78, 5) is 1.50. The highest BCUT2D eigenvalue weighted by atomic mass is 15.6. The molecule has 2 rings (SSSR count). The van der Waals surface area contributed by atoms with Gasteiger partial charge in [-0.1, -0.05) is 6.92 Å². The van der Waals surface area contributed by atoms with Crippen molar-refractivity contribution < 1.29 is 0 Å². The second-order valence-electron chi connectivity index (χ2n) is 5.11. The van der Waals surface area contributed by atoms with Gasteiger partial charge in [-0.05, 0) is 32.0 Å². The predicted molar refractivity (Wildman–Crippen MR) is 76.2 cm³/mol. The maximum absolute atomic E-state index is 4.50. The zero-order chi connectivity index (χ0) is 14.7. The molecule has 2 aromatic rings. The fourth-order valence-electron chi connectivity index (χ4n) is 2.48. The average molecular weight is 277 g/mol. The number of aryl methyl sites for hydroxylation is 3. The van der Waals surface area contributed by atoms with Gasteiger partial charge in [0.1, 0.15) is 0 Å². The van der Waals surface area contributed by atoms with Crippen LogP contribution in [0, 0.1) is 13.8 Å². The normalized spacial score (nSPS) is 12.8. The second-order valence-corrected chi connectivity index (χ2v) is 5.11. The summed E-state index contributed by atoms with van der Waals surface area (Å²) in [6.07, 6.45) is 1.81. The van der Waals surface area contributed by atoms with Crippen LogP contribution in [0.4, 0.5) is 0 Å². The summed E-state index contributed by atoms with van der Waals surface area (Å²) in [6, 6.07) is 0.174. The summed E-state index contributed by atoms with van der Waals surface area (Å²) in [7, 11) is 3.76. The minimum atomic E-state index is 0.174. The van der Waals surface area contributed by atoms with Gasteiger partial charge in [0.2, 0.25) is 0 Å². The van der Waals surface area contributed by atoms with Crippen molar-refractivity contribution in [3.05, 3.63) is 22.8 Å². The molecule has 0 fully saturated rings. The molecule has 1 N–H and O–H groups in total. The van der Waals surface area contributed by atoms with E-state index in [0.29, 0.717) is 0 Å². The van der Waals surface area contributed by atoms with E-state index in [2.05, 4.69) is 39.7 Å². The Labute approximate surface area is 119 Å². The lowest BCUT2D eigenvalue weighted by molar-refractivity contribution is 0.512. The van der Waals surface area contributed by atoms with Crippen LogP contribution < -0.4 is 5.32 Å². The van der Waals surface area contributed by atoms with Gasteiger partial charge < -0.3 is 5.32 Å². The van der Waals surface area contributed by atoms with E-state index in [1.54, 1.807) is 7.05 Å². The quantitative estimate of drug-likeness (QED) is 0.847. The molecule has 0 bridgehead atoms. The summed E-state index contributed by atoms with van der Waals surface area (Å²) < 4.78 is 1.93. The molecule has 0 radical (unpaired) electrons. The molecule has 0 aliphatic carbocycles. The Balaban J connectivity index is 2.26. The zero-order valence-electron chi connectivity index (χ0n) is 12.9. The smallest absolute Gasteiger partial charge is 0.176 e. The van der Waals surface area contributed by atoms with Gasteiger partial charge in [-0.15, -0.1) is 10.2 Å². The van der Waals surface area contributed by atoms with Crippen LogP contribution in [-0.4, -0.2) is 36.5 Å². The summed E-state index contributed by atoms with van der Waals surface area (Å²) in [5.41, 5.74) is 3.48. The van der Waals surface area contributed by atoms with Crippen molar-refractivity contribution in [1.29, 1.82) is 0 Å². The van der Waals surface area contributed by atoms with E-state index in [1.807, 2.05) is 18.7 Å². The number of tetrazole rings is 1. The third-order valence-electron chi connectivity index (χ3n) is 3.49. The first-order chi connectivity index (χ1) is 9.52. The Morgan fingerprint density at radius 3 is 2.45 bits per heavy atom. The van der Waals surface area contributed by atoms with Gasteiger partial charge >= 0.3 is 0 Å². The van der Waals surface area contributed by atoms with Crippen molar-refractivity contribution in [2.45, 2.75) is 39.7 Å². The number of nitrogens with zero attached hydrogens (tertiary/aromatic N) is 6. The molecule has 2 aromatic heterocycles. The van der Waals surface area contributed by atoms with Crippen molar-refractivity contribution >= 4 is 0 Å². The Morgan fingerprint density at radius 2 is 1.95 bits per heavy atom. The first kappa shape index (κ1) is 14.6. The SMILES string of the molecule is CCCNC(Cc1nnn(C)n1)c1c(C)nn(C)c1C. The number of hydrogen-bond donors (Lipinski definition) is 1. The van der Waals surface area contributed by atoms with Crippen LogP contribution in [0.3, 0.4) is 0 Å². The molecule has 7 heteroatoms. The van der Waals surface area contributed by atoms with Crippen LogP contribution in [-0.2, 0) is 20.5 Å². The van der Waals surface area contributed by atoms with Crippen molar-refractivity contribution in [1.82, 2.24) is 35.3 Å². The zero-order valence-corrected chi connectivity index (χ0v) is 12.9. The van der Waals surface area contributed by atoms with E-state index in [0.717, 1.165) is 30.9 Å². The molecule has 1 atom stereocenters. The van der Waals surface area contributed by atoms with Gasteiger partial charge in [0.15, 0.2) is 5.82 Å². The Bertz CT molecular complexity index is 569. The highest BCUT2D eigenvalue weighted by Crippen LogP contribution is 2.23. The molecule has 1 unspecified atom stereocenters. The second kappa shape index (κ2) is 6.13. The third kappa shape index (κ3) is 3.04. The minimum Gasteiger partial charge on any atom is -0.309 e. The van der Waals surface area contributed by atoms with E-state index in [9.17, 15) is 0 Å². The van der Waals surface area contributed by atoms with Gasteiger partial charge in [-0.2, -0.15) is 9.90 Å². The molecule has 2 heterocycles. The molecule has 7 nitrogen and oxygen atoms in total. The standard InChI is InChI=1S/C13H23N7/c1-6-7-14-11(8-12-15-18-20(5)17-12)13-9(2)16-19(4)10(13)3/h11,14H,6-8H2,1-5H3. The summed E-state index contributed by atoms with van der Waals surface area (Å²) in [5, 5.41) is 20.3. The number of nitrogens with one attached hydrogen (secondary N) is 1. The number of rotatable bonds is 6. The van der Waals surface area contributed by atoms with E-state index in [4.69, 9.17) is 0 Å². The lowest BCUT2D eigenvalue weighted by Crippen LogP contribution is -2.25. The molecule has 0 saturated carbocycles. The highest BCUT2D eigenvalue weighted by Gasteiger charge is 2.21. The van der Waals surface area contributed by atoms with Crippen LogP contribution in [0.25, 0.3) is 0 Å². The largest absolute Gasteiger partial charge is 0.309 e. The van der Waals surface area contributed by atoms with Crippen LogP contribution in [0.1, 0.15) is 42.2 Å². The van der Waals surface area contributed by atoms with Gasteiger partial charge in [-0.25, -0.2) is 0 Å². The monoisotopic (exact) mass is 277 g/mol. The van der Waals surface area contributed by atoms with Crippen LogP contribution in [0.5, 0.6) is 0 Å². The van der Waals surface area contributed by atoms with E-state index >= 15 is 0 Å². The topological polar surface area (TPSA) is 73.5 Å². The molecule has 20 heavy (non-hydrogen) atoms. The molecule has 0 amide bonds. The van der Waals surface area contributed by atoms with Crippen LogP contribution in [0.15, 0.2) is 0 Å². The van der Waals surface area contributed by atoms with Gasteiger partial charge in [0, 0.05) is 30.8 Å². The summed E-state index contributed by atoms with van der Waals surface area (Å²) in [6.45, 7) is 7.26. The predicted octanol–water partition coefficient (Wildman–Crippen LogP) is 0.844. The summed E-state index contributed by atoms with van der Waals surface area (Å²) >= 11 is 0. The molecular formula is C13H23N7. The fraction of sp³-hybridized carbons (Fsp3) is 0.692. The lowest BCUT2D eigenvalue weighted by atomic mass is 10.0. The Kier molecular flexibility index (Phi) is 4.49. The molecule has 0 spiro atoms.